The highest BCUT2D eigenvalue weighted by Crippen LogP contribution is 2.26. The number of nitrogens with one attached hydrogen (secondary N) is 3. The van der Waals surface area contributed by atoms with Gasteiger partial charge in [-0.3, -0.25) is 4.79 Å². The highest BCUT2D eigenvalue weighted by Gasteiger charge is 2.22. The molecule has 0 spiro atoms. The van der Waals surface area contributed by atoms with Crippen molar-refractivity contribution in [3.05, 3.63) is 70.3 Å². The molecular formula is C20H20BrN3O3. The molecule has 0 aliphatic rings. The van der Waals surface area contributed by atoms with E-state index < -0.39 is 12.1 Å². The summed E-state index contributed by atoms with van der Waals surface area (Å²) in [6.45, 7) is 0.146. The first-order chi connectivity index (χ1) is 13.1. The average molecular weight is 430 g/mol. The van der Waals surface area contributed by atoms with Crippen molar-refractivity contribution in [2.75, 3.05) is 7.05 Å². The molecule has 1 heterocycles. The quantitative estimate of drug-likeness (QED) is 0.560. The third-order valence-corrected chi connectivity index (χ3v) is 4.90. The standard InChI is InChI=1S/C20H20BrN3O3/c1-22-19(25)17(24-20(26)27-12-13-6-3-2-4-7-13)10-14-11-23-18-15(14)8-5-9-16(18)21/h2-9,11,17,23H,10,12H2,1H3,(H,22,25)(H,24,26)/t17-/m0/s1. The summed E-state index contributed by atoms with van der Waals surface area (Å²) >= 11 is 3.50. The molecule has 3 rings (SSSR count). The number of benzene rings is 2. The maximum Gasteiger partial charge on any atom is 0.408 e. The van der Waals surface area contributed by atoms with Crippen LogP contribution in [0, 0.1) is 0 Å². The number of aromatic nitrogens is 1. The summed E-state index contributed by atoms with van der Waals surface area (Å²) in [5.74, 6) is -0.281. The van der Waals surface area contributed by atoms with Crippen molar-refractivity contribution >= 4 is 38.8 Å². The molecule has 0 unspecified atom stereocenters. The number of halogens is 1. The second-order valence-electron chi connectivity index (χ2n) is 6.05. The number of carbonyl (C=O) groups is 2. The van der Waals surface area contributed by atoms with Gasteiger partial charge < -0.3 is 20.4 Å². The Morgan fingerprint density at radius 1 is 1.15 bits per heavy atom. The van der Waals surface area contributed by atoms with Gasteiger partial charge in [-0.05, 0) is 33.1 Å². The van der Waals surface area contributed by atoms with E-state index in [1.807, 2.05) is 54.7 Å². The van der Waals surface area contributed by atoms with Crippen LogP contribution in [0.25, 0.3) is 10.9 Å². The lowest BCUT2D eigenvalue weighted by Crippen LogP contribution is -2.47. The van der Waals surface area contributed by atoms with E-state index in [9.17, 15) is 9.59 Å². The van der Waals surface area contributed by atoms with Gasteiger partial charge in [0, 0.05) is 29.5 Å². The lowest BCUT2D eigenvalue weighted by molar-refractivity contribution is -0.122. The first-order valence-electron chi connectivity index (χ1n) is 8.51. The number of likely N-dealkylation sites (N-methyl/N-ethyl adjacent to an activating group) is 1. The number of H-pyrrole nitrogens is 1. The zero-order valence-corrected chi connectivity index (χ0v) is 16.4. The number of fused-ring (bicyclic) bond motifs is 1. The molecule has 0 aliphatic carbocycles. The molecule has 0 aliphatic heterocycles. The van der Waals surface area contributed by atoms with Crippen LogP contribution in [0.3, 0.4) is 0 Å². The van der Waals surface area contributed by atoms with Crippen LogP contribution >= 0.6 is 15.9 Å². The number of amides is 2. The maximum absolute atomic E-state index is 12.3. The fourth-order valence-electron chi connectivity index (χ4n) is 2.85. The Kier molecular flexibility index (Phi) is 6.13. The van der Waals surface area contributed by atoms with Crippen LogP contribution < -0.4 is 10.6 Å². The van der Waals surface area contributed by atoms with E-state index in [-0.39, 0.29) is 12.5 Å². The third-order valence-electron chi connectivity index (χ3n) is 4.24. The van der Waals surface area contributed by atoms with Crippen molar-refractivity contribution < 1.29 is 14.3 Å². The Hall–Kier alpha value is -2.80. The molecule has 0 fully saturated rings. The van der Waals surface area contributed by atoms with E-state index in [2.05, 4.69) is 31.5 Å². The van der Waals surface area contributed by atoms with Gasteiger partial charge in [-0.2, -0.15) is 0 Å². The third kappa shape index (κ3) is 4.68. The monoisotopic (exact) mass is 429 g/mol. The van der Waals surface area contributed by atoms with Crippen molar-refractivity contribution in [1.29, 1.82) is 0 Å². The lowest BCUT2D eigenvalue weighted by Gasteiger charge is -2.17. The average Bonchev–Trinajstić information content (AvgIpc) is 3.10. The Bertz CT molecular complexity index is 940. The first kappa shape index (κ1) is 19.0. The van der Waals surface area contributed by atoms with Gasteiger partial charge >= 0.3 is 6.09 Å². The van der Waals surface area contributed by atoms with Crippen LogP contribution in [0.5, 0.6) is 0 Å². The topological polar surface area (TPSA) is 83.2 Å². The molecule has 3 N–H and O–H groups in total. The van der Waals surface area contributed by atoms with Crippen LogP contribution in [0.1, 0.15) is 11.1 Å². The van der Waals surface area contributed by atoms with E-state index in [1.165, 1.54) is 7.05 Å². The second kappa shape index (κ2) is 8.73. The number of para-hydroxylation sites is 1. The molecule has 2 amide bonds. The van der Waals surface area contributed by atoms with Gasteiger partial charge in [0.15, 0.2) is 0 Å². The number of rotatable bonds is 6. The minimum atomic E-state index is -0.740. The van der Waals surface area contributed by atoms with Gasteiger partial charge in [-0.25, -0.2) is 4.79 Å². The van der Waals surface area contributed by atoms with Gasteiger partial charge in [-0.1, -0.05) is 42.5 Å². The van der Waals surface area contributed by atoms with Gasteiger partial charge in [0.25, 0.3) is 0 Å². The molecule has 0 radical (unpaired) electrons. The van der Waals surface area contributed by atoms with Crippen molar-refractivity contribution in [2.24, 2.45) is 0 Å². The van der Waals surface area contributed by atoms with Gasteiger partial charge in [0.2, 0.25) is 5.91 Å². The Balaban J connectivity index is 1.69. The van der Waals surface area contributed by atoms with Crippen LogP contribution in [-0.2, 0) is 22.6 Å². The molecule has 0 saturated carbocycles. The summed E-state index contributed by atoms with van der Waals surface area (Å²) in [6.07, 6.45) is 1.56. The Morgan fingerprint density at radius 2 is 1.93 bits per heavy atom. The van der Waals surface area contributed by atoms with E-state index in [1.54, 1.807) is 0 Å². The van der Waals surface area contributed by atoms with Crippen LogP contribution in [-0.4, -0.2) is 30.1 Å². The summed E-state index contributed by atoms with van der Waals surface area (Å²) in [5, 5.41) is 6.24. The summed E-state index contributed by atoms with van der Waals surface area (Å²) in [6, 6.07) is 14.5. The van der Waals surface area contributed by atoms with E-state index in [0.29, 0.717) is 6.42 Å². The fourth-order valence-corrected chi connectivity index (χ4v) is 3.34. The molecule has 0 saturated heterocycles. The molecule has 2 aromatic carbocycles. The van der Waals surface area contributed by atoms with Gasteiger partial charge in [0.05, 0.1) is 5.52 Å². The Labute approximate surface area is 165 Å². The van der Waals surface area contributed by atoms with Crippen LogP contribution in [0.2, 0.25) is 0 Å². The zero-order chi connectivity index (χ0) is 19.2. The predicted molar refractivity (Wildman–Crippen MR) is 107 cm³/mol. The number of aromatic amines is 1. The first-order valence-corrected chi connectivity index (χ1v) is 9.31. The molecule has 140 valence electrons. The number of carbonyl (C=O) groups excluding carboxylic acids is 2. The molecule has 0 bridgehead atoms. The largest absolute Gasteiger partial charge is 0.445 e. The second-order valence-corrected chi connectivity index (χ2v) is 6.91. The molecule has 1 atom stereocenters. The van der Waals surface area contributed by atoms with Crippen molar-refractivity contribution in [2.45, 2.75) is 19.1 Å². The van der Waals surface area contributed by atoms with Gasteiger partial charge in [-0.15, -0.1) is 0 Å². The summed E-state index contributed by atoms with van der Waals surface area (Å²) < 4.78 is 6.18. The minimum absolute atomic E-state index is 0.146. The molecule has 1 aromatic heterocycles. The maximum atomic E-state index is 12.3. The molecular weight excluding hydrogens is 410 g/mol. The summed E-state index contributed by atoms with van der Waals surface area (Å²) in [7, 11) is 1.54. The Morgan fingerprint density at radius 3 is 2.67 bits per heavy atom. The van der Waals surface area contributed by atoms with E-state index in [0.717, 1.165) is 26.5 Å². The van der Waals surface area contributed by atoms with Crippen molar-refractivity contribution in [3.63, 3.8) is 0 Å². The molecule has 3 aromatic rings. The number of hydrogen-bond acceptors (Lipinski definition) is 3. The highest BCUT2D eigenvalue weighted by atomic mass is 79.9. The van der Waals surface area contributed by atoms with E-state index >= 15 is 0 Å². The fraction of sp³-hybridized carbons (Fsp3) is 0.200. The van der Waals surface area contributed by atoms with Crippen LogP contribution in [0.4, 0.5) is 4.79 Å². The summed E-state index contributed by atoms with van der Waals surface area (Å²) in [4.78, 5) is 27.6. The number of alkyl carbamates (subject to hydrolysis) is 1. The lowest BCUT2D eigenvalue weighted by atomic mass is 10.0. The highest BCUT2D eigenvalue weighted by molar-refractivity contribution is 9.10. The van der Waals surface area contributed by atoms with Gasteiger partial charge in [0.1, 0.15) is 12.6 Å². The predicted octanol–water partition coefficient (Wildman–Crippen LogP) is 3.51. The minimum Gasteiger partial charge on any atom is -0.445 e. The summed E-state index contributed by atoms with van der Waals surface area (Å²) in [5.41, 5.74) is 2.77. The zero-order valence-electron chi connectivity index (χ0n) is 14.8. The number of ether oxygens (including phenoxy) is 1. The SMILES string of the molecule is CNC(=O)[C@H](Cc1c[nH]c2c(Br)cccc12)NC(=O)OCc1ccccc1. The number of hydrogen-bond donors (Lipinski definition) is 3. The molecule has 6 nitrogen and oxygen atoms in total. The molecule has 7 heteroatoms. The van der Waals surface area contributed by atoms with Crippen molar-refractivity contribution in [3.8, 4) is 0 Å². The van der Waals surface area contributed by atoms with Crippen molar-refractivity contribution in [1.82, 2.24) is 15.6 Å². The smallest absolute Gasteiger partial charge is 0.408 e. The van der Waals surface area contributed by atoms with E-state index in [4.69, 9.17) is 4.74 Å². The van der Waals surface area contributed by atoms with Crippen LogP contribution in [0.15, 0.2) is 59.2 Å². The normalized spacial score (nSPS) is 11.8. The molecule has 27 heavy (non-hydrogen) atoms.